The molecule has 0 amide bonds. The van der Waals surface area contributed by atoms with Crippen molar-refractivity contribution in [2.24, 2.45) is 17.6 Å². The molecule has 0 aliphatic carbocycles. The van der Waals surface area contributed by atoms with Crippen LogP contribution in [0.1, 0.15) is 39.0 Å². The van der Waals surface area contributed by atoms with Crippen LogP contribution in [0.15, 0.2) is 0 Å². The maximum atomic E-state index is 12.2. The van der Waals surface area contributed by atoms with E-state index in [-0.39, 0.29) is 11.5 Å². The van der Waals surface area contributed by atoms with Gasteiger partial charge >= 0.3 is 0 Å². The molecule has 3 atom stereocenters. The van der Waals surface area contributed by atoms with Crippen molar-refractivity contribution in [3.05, 3.63) is 0 Å². The predicted molar refractivity (Wildman–Crippen MR) is 69.3 cm³/mol. The number of rotatable bonds is 5. The van der Waals surface area contributed by atoms with Gasteiger partial charge in [-0.05, 0) is 31.7 Å². The van der Waals surface area contributed by atoms with E-state index in [4.69, 9.17) is 15.2 Å². The summed E-state index contributed by atoms with van der Waals surface area (Å²) in [6.07, 6.45) is 4.24. The Morgan fingerprint density at radius 1 is 1.50 bits per heavy atom. The van der Waals surface area contributed by atoms with Gasteiger partial charge in [0.05, 0.1) is 12.2 Å². The van der Waals surface area contributed by atoms with Gasteiger partial charge in [0.1, 0.15) is 5.78 Å². The van der Waals surface area contributed by atoms with E-state index in [2.05, 4.69) is 6.92 Å². The molecule has 2 heterocycles. The lowest BCUT2D eigenvalue weighted by atomic mass is 9.81. The van der Waals surface area contributed by atoms with Crippen LogP contribution in [0, 0.1) is 11.8 Å². The molecule has 0 aromatic rings. The van der Waals surface area contributed by atoms with Crippen LogP contribution in [0.25, 0.3) is 0 Å². The molecular formula is C14H25NO3. The number of hydrogen-bond donors (Lipinski definition) is 1. The Balaban J connectivity index is 1.82. The smallest absolute Gasteiger partial charge is 0.136 e. The summed E-state index contributed by atoms with van der Waals surface area (Å²) in [7, 11) is 0. The Morgan fingerprint density at radius 2 is 2.33 bits per heavy atom. The van der Waals surface area contributed by atoms with Crippen molar-refractivity contribution in [1.29, 1.82) is 0 Å². The van der Waals surface area contributed by atoms with Gasteiger partial charge in [-0.25, -0.2) is 0 Å². The first-order valence-corrected chi connectivity index (χ1v) is 7.10. The van der Waals surface area contributed by atoms with Gasteiger partial charge in [-0.15, -0.1) is 0 Å². The second-order valence-corrected chi connectivity index (χ2v) is 5.87. The number of carbonyl (C=O) groups excluding carboxylic acids is 1. The van der Waals surface area contributed by atoms with E-state index in [0.717, 1.165) is 32.3 Å². The summed E-state index contributed by atoms with van der Waals surface area (Å²) >= 11 is 0. The first-order valence-electron chi connectivity index (χ1n) is 7.10. The second-order valence-electron chi connectivity index (χ2n) is 5.87. The summed E-state index contributed by atoms with van der Waals surface area (Å²) in [6.45, 7) is 4.90. The van der Waals surface area contributed by atoms with E-state index in [1.165, 1.54) is 0 Å². The van der Waals surface area contributed by atoms with E-state index >= 15 is 0 Å². The second kappa shape index (κ2) is 6.13. The van der Waals surface area contributed by atoms with Crippen LogP contribution in [0.5, 0.6) is 0 Å². The van der Waals surface area contributed by atoms with E-state index in [9.17, 15) is 4.79 Å². The minimum Gasteiger partial charge on any atom is -0.378 e. The molecule has 0 bridgehead atoms. The van der Waals surface area contributed by atoms with Gasteiger partial charge in [0.15, 0.2) is 0 Å². The quantitative estimate of drug-likeness (QED) is 0.809. The van der Waals surface area contributed by atoms with Gasteiger partial charge in [0.2, 0.25) is 0 Å². The Kier molecular flexibility index (Phi) is 4.76. The van der Waals surface area contributed by atoms with E-state index in [0.29, 0.717) is 37.9 Å². The van der Waals surface area contributed by atoms with Crippen LogP contribution in [0.2, 0.25) is 0 Å². The highest BCUT2D eigenvalue weighted by Gasteiger charge is 2.42. The zero-order valence-corrected chi connectivity index (χ0v) is 11.3. The van der Waals surface area contributed by atoms with Crippen molar-refractivity contribution in [2.75, 3.05) is 26.4 Å². The highest BCUT2D eigenvalue weighted by Crippen LogP contribution is 2.36. The predicted octanol–water partition coefficient (Wildman–Crippen LogP) is 1.52. The number of Topliss-reactive ketones (excluding diaryl/α,β-unsaturated/α-hetero) is 1. The highest BCUT2D eigenvalue weighted by atomic mass is 16.6. The van der Waals surface area contributed by atoms with Crippen molar-refractivity contribution in [3.8, 4) is 0 Å². The van der Waals surface area contributed by atoms with Crippen LogP contribution in [0.3, 0.4) is 0 Å². The molecule has 18 heavy (non-hydrogen) atoms. The van der Waals surface area contributed by atoms with Crippen LogP contribution in [0.4, 0.5) is 0 Å². The highest BCUT2D eigenvalue weighted by molar-refractivity contribution is 5.81. The summed E-state index contributed by atoms with van der Waals surface area (Å²) in [4.78, 5) is 12.2. The molecule has 0 saturated carbocycles. The first kappa shape index (κ1) is 14.0. The molecule has 0 aromatic carbocycles. The largest absolute Gasteiger partial charge is 0.378 e. The SMILES string of the molecule is CC(CN)CCC(=O)C1CCOC2(CCOC2)C1. The monoisotopic (exact) mass is 255 g/mol. The Morgan fingerprint density at radius 3 is 3.00 bits per heavy atom. The zero-order valence-electron chi connectivity index (χ0n) is 11.3. The topological polar surface area (TPSA) is 61.6 Å². The Hall–Kier alpha value is -0.450. The molecule has 2 aliphatic rings. The van der Waals surface area contributed by atoms with E-state index < -0.39 is 0 Å². The standard InChI is InChI=1S/C14H25NO3/c1-11(9-15)2-3-13(16)12-4-6-18-14(8-12)5-7-17-10-14/h11-12H,2-10,15H2,1H3. The van der Waals surface area contributed by atoms with Crippen molar-refractivity contribution in [2.45, 2.75) is 44.6 Å². The van der Waals surface area contributed by atoms with Gasteiger partial charge in [-0.2, -0.15) is 0 Å². The molecule has 0 radical (unpaired) electrons. The molecule has 4 heteroatoms. The minimum absolute atomic E-state index is 0.155. The average Bonchev–Trinajstić information content (AvgIpc) is 2.83. The lowest BCUT2D eigenvalue weighted by Crippen LogP contribution is -2.42. The van der Waals surface area contributed by atoms with Gasteiger partial charge in [0, 0.05) is 32.0 Å². The molecule has 104 valence electrons. The molecule has 2 N–H and O–H groups in total. The fourth-order valence-electron chi connectivity index (χ4n) is 2.88. The third kappa shape index (κ3) is 3.31. The van der Waals surface area contributed by atoms with Gasteiger partial charge in [0.25, 0.3) is 0 Å². The summed E-state index contributed by atoms with van der Waals surface area (Å²) in [5, 5.41) is 0. The van der Waals surface area contributed by atoms with Crippen LogP contribution >= 0.6 is 0 Å². The van der Waals surface area contributed by atoms with E-state index in [1.807, 2.05) is 0 Å². The normalized spacial score (nSPS) is 33.8. The van der Waals surface area contributed by atoms with Crippen LogP contribution in [-0.4, -0.2) is 37.7 Å². The summed E-state index contributed by atoms with van der Waals surface area (Å²) < 4.78 is 11.3. The molecule has 2 fully saturated rings. The number of carbonyl (C=O) groups is 1. The Bertz CT molecular complexity index is 287. The van der Waals surface area contributed by atoms with Crippen LogP contribution in [-0.2, 0) is 14.3 Å². The molecule has 3 unspecified atom stereocenters. The molecule has 2 aliphatic heterocycles. The number of ether oxygens (including phenoxy) is 2. The van der Waals surface area contributed by atoms with Crippen molar-refractivity contribution in [3.63, 3.8) is 0 Å². The van der Waals surface area contributed by atoms with Crippen molar-refractivity contribution in [1.82, 2.24) is 0 Å². The van der Waals surface area contributed by atoms with Crippen molar-refractivity contribution >= 4 is 5.78 Å². The third-order valence-electron chi connectivity index (χ3n) is 4.30. The summed E-state index contributed by atoms with van der Waals surface area (Å²) in [5.74, 6) is 1.01. The average molecular weight is 255 g/mol. The summed E-state index contributed by atoms with van der Waals surface area (Å²) in [5.41, 5.74) is 5.43. The molecule has 4 nitrogen and oxygen atoms in total. The number of hydrogen-bond acceptors (Lipinski definition) is 4. The molecule has 1 spiro atoms. The van der Waals surface area contributed by atoms with Crippen LogP contribution < -0.4 is 5.73 Å². The van der Waals surface area contributed by atoms with Crippen molar-refractivity contribution < 1.29 is 14.3 Å². The lowest BCUT2D eigenvalue weighted by molar-refractivity contribution is -0.137. The third-order valence-corrected chi connectivity index (χ3v) is 4.30. The lowest BCUT2D eigenvalue weighted by Gasteiger charge is -2.36. The molecule has 2 saturated heterocycles. The van der Waals surface area contributed by atoms with Gasteiger partial charge in [-0.1, -0.05) is 6.92 Å². The molecular weight excluding hydrogens is 230 g/mol. The summed E-state index contributed by atoms with van der Waals surface area (Å²) in [6, 6.07) is 0. The van der Waals surface area contributed by atoms with Gasteiger partial charge < -0.3 is 15.2 Å². The minimum atomic E-state index is -0.155. The molecule has 0 aromatic heterocycles. The zero-order chi connectivity index (χ0) is 13.0. The Labute approximate surface area is 109 Å². The van der Waals surface area contributed by atoms with Gasteiger partial charge in [-0.3, -0.25) is 4.79 Å². The van der Waals surface area contributed by atoms with E-state index in [1.54, 1.807) is 0 Å². The maximum Gasteiger partial charge on any atom is 0.136 e. The fraction of sp³-hybridized carbons (Fsp3) is 0.929. The maximum absolute atomic E-state index is 12.2. The number of nitrogens with two attached hydrogens (primary N) is 1. The molecule has 2 rings (SSSR count). The number of ketones is 1. The fourth-order valence-corrected chi connectivity index (χ4v) is 2.88. The first-order chi connectivity index (χ1) is 8.65.